The highest BCUT2D eigenvalue weighted by Crippen LogP contribution is 2.05. The van der Waals surface area contributed by atoms with Crippen LogP contribution in [0.1, 0.15) is 13.8 Å². The molecule has 0 fully saturated rings. The first-order valence-electron chi connectivity index (χ1n) is 5.39. The molecule has 0 aliphatic rings. The molecule has 1 heterocycles. The molecule has 0 saturated heterocycles. The molecule has 0 unspecified atom stereocenters. The molecule has 5 heteroatoms. The highest BCUT2D eigenvalue weighted by molar-refractivity contribution is 5.73. The zero-order chi connectivity index (χ0) is 12.8. The summed E-state index contributed by atoms with van der Waals surface area (Å²) in [6.45, 7) is 3.55. The Kier molecular flexibility index (Phi) is 4.66. The van der Waals surface area contributed by atoms with Crippen molar-refractivity contribution in [2.45, 2.75) is 19.9 Å². The number of hydrogen-bond donors (Lipinski definition) is 3. The smallest absolute Gasteiger partial charge is 0.320 e. The maximum atomic E-state index is 10.0. The SMILES string of the molecule is CC(C)[C@H](N)C(=O)O.c1ccc2[nH]cnc2c1. The van der Waals surface area contributed by atoms with E-state index in [0.29, 0.717) is 0 Å². The van der Waals surface area contributed by atoms with E-state index in [4.69, 9.17) is 10.8 Å². The second kappa shape index (κ2) is 6.00. The van der Waals surface area contributed by atoms with E-state index in [9.17, 15) is 4.79 Å². The number of nitrogens with two attached hydrogens (primary N) is 1. The number of imidazole rings is 1. The summed E-state index contributed by atoms with van der Waals surface area (Å²) in [4.78, 5) is 17.1. The fourth-order valence-corrected chi connectivity index (χ4v) is 1.16. The topological polar surface area (TPSA) is 92.0 Å². The lowest BCUT2D eigenvalue weighted by Crippen LogP contribution is -2.34. The van der Waals surface area contributed by atoms with E-state index in [-0.39, 0.29) is 5.92 Å². The van der Waals surface area contributed by atoms with Gasteiger partial charge in [0.15, 0.2) is 0 Å². The van der Waals surface area contributed by atoms with Crippen LogP contribution in [0.25, 0.3) is 11.0 Å². The number of carboxylic acids is 1. The van der Waals surface area contributed by atoms with Gasteiger partial charge in [-0.2, -0.15) is 0 Å². The van der Waals surface area contributed by atoms with Gasteiger partial charge in [0, 0.05) is 0 Å². The van der Waals surface area contributed by atoms with Gasteiger partial charge >= 0.3 is 5.97 Å². The summed E-state index contributed by atoms with van der Waals surface area (Å²) in [7, 11) is 0. The molecule has 5 nitrogen and oxygen atoms in total. The molecule has 17 heavy (non-hydrogen) atoms. The number of para-hydroxylation sites is 2. The summed E-state index contributed by atoms with van der Waals surface area (Å²) in [5, 5.41) is 8.23. The maximum Gasteiger partial charge on any atom is 0.320 e. The Morgan fingerprint density at radius 3 is 2.53 bits per heavy atom. The second-order valence-corrected chi connectivity index (χ2v) is 4.03. The Morgan fingerprint density at radius 1 is 1.41 bits per heavy atom. The highest BCUT2D eigenvalue weighted by atomic mass is 16.4. The Hall–Kier alpha value is -1.88. The molecule has 0 amide bonds. The van der Waals surface area contributed by atoms with Crippen LogP contribution < -0.4 is 5.73 Å². The van der Waals surface area contributed by atoms with Crippen LogP contribution in [0, 0.1) is 5.92 Å². The molecule has 0 saturated carbocycles. The Bertz CT molecular complexity index is 449. The van der Waals surface area contributed by atoms with Crippen LogP contribution in [-0.2, 0) is 4.79 Å². The molecule has 1 aromatic heterocycles. The molecule has 1 atom stereocenters. The van der Waals surface area contributed by atoms with Crippen LogP contribution in [0.2, 0.25) is 0 Å². The third-order valence-corrected chi connectivity index (χ3v) is 2.33. The number of rotatable bonds is 2. The average Bonchev–Trinajstić information content (AvgIpc) is 2.76. The van der Waals surface area contributed by atoms with Crippen molar-refractivity contribution in [3.05, 3.63) is 30.6 Å². The second-order valence-electron chi connectivity index (χ2n) is 4.03. The number of aromatic amines is 1. The van der Waals surface area contributed by atoms with Crippen molar-refractivity contribution >= 4 is 17.0 Å². The number of carboxylic acid groups (broad SMARTS) is 1. The fourth-order valence-electron chi connectivity index (χ4n) is 1.16. The van der Waals surface area contributed by atoms with Crippen molar-refractivity contribution in [1.29, 1.82) is 0 Å². The monoisotopic (exact) mass is 235 g/mol. The minimum atomic E-state index is -0.931. The molecule has 2 rings (SSSR count). The summed E-state index contributed by atoms with van der Waals surface area (Å²) in [5.41, 5.74) is 7.28. The largest absolute Gasteiger partial charge is 0.480 e. The van der Waals surface area contributed by atoms with Crippen molar-refractivity contribution in [1.82, 2.24) is 9.97 Å². The van der Waals surface area contributed by atoms with E-state index in [1.54, 1.807) is 20.2 Å². The molecular formula is C12H17N3O2. The van der Waals surface area contributed by atoms with Gasteiger partial charge in [0.05, 0.1) is 17.4 Å². The van der Waals surface area contributed by atoms with Gasteiger partial charge in [-0.05, 0) is 18.1 Å². The van der Waals surface area contributed by atoms with Crippen molar-refractivity contribution in [3.8, 4) is 0 Å². The molecule has 0 aliphatic carbocycles. The highest BCUT2D eigenvalue weighted by Gasteiger charge is 2.14. The normalized spacial score (nSPS) is 12.0. The van der Waals surface area contributed by atoms with Crippen LogP contribution in [0.3, 0.4) is 0 Å². The van der Waals surface area contributed by atoms with Gasteiger partial charge in [-0.3, -0.25) is 4.79 Å². The van der Waals surface area contributed by atoms with Crippen LogP contribution in [0.4, 0.5) is 0 Å². The van der Waals surface area contributed by atoms with Gasteiger partial charge in [0.25, 0.3) is 0 Å². The van der Waals surface area contributed by atoms with Crippen molar-refractivity contribution in [3.63, 3.8) is 0 Å². The van der Waals surface area contributed by atoms with Gasteiger partial charge in [-0.1, -0.05) is 26.0 Å². The molecule has 0 aliphatic heterocycles. The number of aromatic nitrogens is 2. The van der Waals surface area contributed by atoms with Crippen LogP contribution >= 0.6 is 0 Å². The summed E-state index contributed by atoms with van der Waals surface area (Å²) in [5.74, 6) is -0.910. The van der Waals surface area contributed by atoms with Gasteiger partial charge in [0.2, 0.25) is 0 Å². The van der Waals surface area contributed by atoms with Crippen LogP contribution in [-0.4, -0.2) is 27.1 Å². The average molecular weight is 235 g/mol. The number of nitrogens with one attached hydrogen (secondary N) is 1. The zero-order valence-corrected chi connectivity index (χ0v) is 9.92. The Labute approximate surface area is 99.7 Å². The molecule has 92 valence electrons. The first kappa shape index (κ1) is 13.2. The standard InChI is InChI=1S/C7H6N2.C5H11NO2/c1-2-4-7-6(3-1)8-5-9-7;1-3(2)4(6)5(7)8/h1-5H,(H,8,9);3-4H,6H2,1-2H3,(H,7,8)/t;4-/m.0/s1. The van der Waals surface area contributed by atoms with E-state index < -0.39 is 12.0 Å². The van der Waals surface area contributed by atoms with Crippen molar-refractivity contribution < 1.29 is 9.90 Å². The molecule has 0 spiro atoms. The summed E-state index contributed by atoms with van der Waals surface area (Å²) in [6.07, 6.45) is 1.70. The maximum absolute atomic E-state index is 10.0. The van der Waals surface area contributed by atoms with E-state index >= 15 is 0 Å². The number of fused-ring (bicyclic) bond motifs is 1. The van der Waals surface area contributed by atoms with Gasteiger partial charge in [-0.25, -0.2) is 4.98 Å². The predicted octanol–water partition coefficient (Wildman–Crippen LogP) is 1.62. The third kappa shape index (κ3) is 3.88. The number of carbonyl (C=O) groups is 1. The Balaban J connectivity index is 0.000000172. The molecule has 0 bridgehead atoms. The molecule has 1 aromatic carbocycles. The van der Waals surface area contributed by atoms with E-state index in [1.807, 2.05) is 24.3 Å². The van der Waals surface area contributed by atoms with Crippen LogP contribution in [0.5, 0.6) is 0 Å². The fraction of sp³-hybridized carbons (Fsp3) is 0.333. The number of H-pyrrole nitrogens is 1. The molecule has 0 radical (unpaired) electrons. The lowest BCUT2D eigenvalue weighted by atomic mass is 10.1. The predicted molar refractivity (Wildman–Crippen MR) is 66.5 cm³/mol. The van der Waals surface area contributed by atoms with E-state index in [1.165, 1.54) is 0 Å². The van der Waals surface area contributed by atoms with Crippen LogP contribution in [0.15, 0.2) is 30.6 Å². The zero-order valence-electron chi connectivity index (χ0n) is 9.92. The van der Waals surface area contributed by atoms with E-state index in [2.05, 4.69) is 9.97 Å². The summed E-state index contributed by atoms with van der Waals surface area (Å²) in [6, 6.07) is 7.23. The Morgan fingerprint density at radius 2 is 2.06 bits per heavy atom. The lowest BCUT2D eigenvalue weighted by molar-refractivity contribution is -0.139. The first-order chi connectivity index (χ1) is 8.02. The quantitative estimate of drug-likeness (QED) is 0.737. The van der Waals surface area contributed by atoms with Gasteiger partial charge in [-0.15, -0.1) is 0 Å². The third-order valence-electron chi connectivity index (χ3n) is 2.33. The number of benzene rings is 1. The summed E-state index contributed by atoms with van der Waals surface area (Å²) < 4.78 is 0. The number of aliphatic carboxylic acids is 1. The van der Waals surface area contributed by atoms with Gasteiger partial charge in [0.1, 0.15) is 6.04 Å². The van der Waals surface area contributed by atoms with Gasteiger partial charge < -0.3 is 15.8 Å². The summed E-state index contributed by atoms with van der Waals surface area (Å²) >= 11 is 0. The van der Waals surface area contributed by atoms with E-state index in [0.717, 1.165) is 11.0 Å². The van der Waals surface area contributed by atoms with Crippen molar-refractivity contribution in [2.24, 2.45) is 11.7 Å². The minimum absolute atomic E-state index is 0.0208. The molecule has 4 N–H and O–H groups in total. The molecule has 2 aromatic rings. The lowest BCUT2D eigenvalue weighted by Gasteiger charge is -2.07. The van der Waals surface area contributed by atoms with Crippen molar-refractivity contribution in [2.75, 3.05) is 0 Å². The molecular weight excluding hydrogens is 218 g/mol. The number of hydrogen-bond acceptors (Lipinski definition) is 3. The number of nitrogens with zero attached hydrogens (tertiary/aromatic N) is 1. The first-order valence-corrected chi connectivity index (χ1v) is 5.39. The minimum Gasteiger partial charge on any atom is -0.480 e.